The van der Waals surface area contributed by atoms with Gasteiger partial charge >= 0.3 is 6.03 Å². The van der Waals surface area contributed by atoms with Crippen LogP contribution in [0.25, 0.3) is 0 Å². The van der Waals surface area contributed by atoms with Crippen LogP contribution in [0.3, 0.4) is 0 Å². The summed E-state index contributed by atoms with van der Waals surface area (Å²) >= 11 is 3.11. The Bertz CT molecular complexity index is 387. The van der Waals surface area contributed by atoms with E-state index >= 15 is 0 Å². The van der Waals surface area contributed by atoms with Crippen molar-refractivity contribution < 1.29 is 14.3 Å². The van der Waals surface area contributed by atoms with Gasteiger partial charge in [-0.05, 0) is 25.1 Å². The number of hydrogen-bond donors (Lipinski definition) is 3. The molecule has 0 aliphatic rings. The summed E-state index contributed by atoms with van der Waals surface area (Å²) in [6.45, 7) is 1.47. The highest BCUT2D eigenvalue weighted by atomic mass is 79.9. The van der Waals surface area contributed by atoms with Gasteiger partial charge in [-0.15, -0.1) is 0 Å². The molecule has 2 amide bonds. The lowest BCUT2D eigenvalue weighted by Crippen LogP contribution is -2.38. The Balaban J connectivity index is 2.63. The topological polar surface area (TPSA) is 61.4 Å². The first-order chi connectivity index (χ1) is 7.52. The van der Waals surface area contributed by atoms with E-state index in [0.717, 1.165) is 0 Å². The van der Waals surface area contributed by atoms with Crippen molar-refractivity contribution in [3.8, 4) is 0 Å². The van der Waals surface area contributed by atoms with E-state index in [1.807, 2.05) is 0 Å². The summed E-state index contributed by atoms with van der Waals surface area (Å²) in [5.41, 5.74) is 0.0887. The Morgan fingerprint density at radius 3 is 2.88 bits per heavy atom. The van der Waals surface area contributed by atoms with Crippen LogP contribution < -0.4 is 10.6 Å². The molecule has 0 aromatic heterocycles. The van der Waals surface area contributed by atoms with Crippen LogP contribution in [0.5, 0.6) is 0 Å². The highest BCUT2D eigenvalue weighted by Gasteiger charge is 2.09. The number of carbonyl (C=O) groups excluding carboxylic acids is 1. The third kappa shape index (κ3) is 3.79. The Morgan fingerprint density at radius 2 is 2.31 bits per heavy atom. The van der Waals surface area contributed by atoms with Crippen molar-refractivity contribution in [2.75, 3.05) is 11.9 Å². The molecule has 0 saturated carbocycles. The smallest absolute Gasteiger partial charge is 0.319 e. The fourth-order valence-corrected chi connectivity index (χ4v) is 1.35. The van der Waals surface area contributed by atoms with E-state index in [1.54, 1.807) is 13.0 Å². The highest BCUT2D eigenvalue weighted by molar-refractivity contribution is 9.10. The minimum Gasteiger partial charge on any atom is -0.394 e. The molecule has 6 heteroatoms. The van der Waals surface area contributed by atoms with Crippen molar-refractivity contribution in [2.24, 2.45) is 0 Å². The summed E-state index contributed by atoms with van der Waals surface area (Å²) < 4.78 is 13.9. The number of halogens is 2. The third-order valence-electron chi connectivity index (χ3n) is 1.83. The van der Waals surface area contributed by atoms with Crippen LogP contribution in [0.2, 0.25) is 0 Å². The van der Waals surface area contributed by atoms with Gasteiger partial charge in [-0.3, -0.25) is 0 Å². The summed E-state index contributed by atoms with van der Waals surface area (Å²) in [4.78, 5) is 11.3. The average Bonchev–Trinajstić information content (AvgIpc) is 2.22. The van der Waals surface area contributed by atoms with Crippen molar-refractivity contribution in [1.82, 2.24) is 5.32 Å². The molecule has 0 bridgehead atoms. The number of hydrogen-bond acceptors (Lipinski definition) is 2. The van der Waals surface area contributed by atoms with E-state index < -0.39 is 11.8 Å². The van der Waals surface area contributed by atoms with Gasteiger partial charge in [0.25, 0.3) is 0 Å². The molecule has 0 fully saturated rings. The minimum absolute atomic E-state index is 0.0887. The van der Waals surface area contributed by atoms with Gasteiger partial charge in [-0.2, -0.15) is 0 Å². The lowest BCUT2D eigenvalue weighted by Gasteiger charge is -2.12. The number of nitrogens with one attached hydrogen (secondary N) is 2. The van der Waals surface area contributed by atoms with Gasteiger partial charge in [-0.25, -0.2) is 9.18 Å². The second-order valence-electron chi connectivity index (χ2n) is 3.31. The fourth-order valence-electron chi connectivity index (χ4n) is 1.02. The summed E-state index contributed by atoms with van der Waals surface area (Å²) in [5, 5.41) is 13.5. The van der Waals surface area contributed by atoms with Crippen LogP contribution in [-0.4, -0.2) is 23.8 Å². The van der Waals surface area contributed by atoms with Crippen LogP contribution in [0.4, 0.5) is 14.9 Å². The number of aliphatic hydroxyl groups is 1. The molecule has 0 aliphatic heterocycles. The Morgan fingerprint density at radius 1 is 1.62 bits per heavy atom. The van der Waals surface area contributed by atoms with Crippen molar-refractivity contribution >= 4 is 27.6 Å². The predicted octanol–water partition coefficient (Wildman–Crippen LogP) is 2.09. The molecule has 3 N–H and O–H groups in total. The average molecular weight is 291 g/mol. The van der Waals surface area contributed by atoms with E-state index in [-0.39, 0.29) is 18.3 Å². The van der Waals surface area contributed by atoms with Crippen LogP contribution in [0.1, 0.15) is 6.92 Å². The van der Waals surface area contributed by atoms with Gasteiger partial charge in [0.05, 0.1) is 18.3 Å². The molecule has 4 nitrogen and oxygen atoms in total. The molecule has 1 aromatic rings. The molecular formula is C10H12BrFN2O2. The molecule has 0 spiro atoms. The maximum atomic E-state index is 13.3. The number of rotatable bonds is 3. The predicted molar refractivity (Wildman–Crippen MR) is 62.8 cm³/mol. The molecule has 1 unspecified atom stereocenters. The van der Waals surface area contributed by atoms with Crippen molar-refractivity contribution in [1.29, 1.82) is 0 Å². The Kier molecular flexibility index (Phi) is 4.70. The zero-order valence-electron chi connectivity index (χ0n) is 8.63. The molecule has 1 rings (SSSR count). The maximum absolute atomic E-state index is 13.3. The lowest BCUT2D eigenvalue weighted by atomic mass is 10.3. The molecule has 0 heterocycles. The molecule has 1 atom stereocenters. The number of aliphatic hydroxyl groups excluding tert-OH is 1. The molecule has 88 valence electrons. The van der Waals surface area contributed by atoms with Gasteiger partial charge < -0.3 is 15.7 Å². The molecule has 16 heavy (non-hydrogen) atoms. The fraction of sp³-hybridized carbons (Fsp3) is 0.300. The van der Waals surface area contributed by atoms with Crippen LogP contribution in [-0.2, 0) is 0 Å². The van der Waals surface area contributed by atoms with E-state index in [1.165, 1.54) is 12.1 Å². The second-order valence-corrected chi connectivity index (χ2v) is 4.22. The van der Waals surface area contributed by atoms with Crippen LogP contribution in [0, 0.1) is 5.82 Å². The largest absolute Gasteiger partial charge is 0.394 e. The first-order valence-electron chi connectivity index (χ1n) is 4.66. The maximum Gasteiger partial charge on any atom is 0.319 e. The summed E-state index contributed by atoms with van der Waals surface area (Å²) in [6, 6.07) is 3.39. The molecule has 1 aromatic carbocycles. The van der Waals surface area contributed by atoms with Crippen LogP contribution in [0.15, 0.2) is 22.7 Å². The van der Waals surface area contributed by atoms with Crippen molar-refractivity contribution in [2.45, 2.75) is 13.0 Å². The number of amides is 2. The Hall–Kier alpha value is -1.14. The van der Waals surface area contributed by atoms with Gasteiger partial charge in [0.15, 0.2) is 0 Å². The minimum atomic E-state index is -0.553. The standard InChI is InChI=1S/C10H12BrFN2O2/c1-6(5-15)13-10(16)14-9-3-2-7(11)4-8(9)12/h2-4,6,15H,5H2,1H3,(H2,13,14,16). The van der Waals surface area contributed by atoms with Crippen LogP contribution >= 0.6 is 15.9 Å². The van der Waals surface area contributed by atoms with E-state index in [4.69, 9.17) is 5.11 Å². The zero-order chi connectivity index (χ0) is 12.1. The van der Waals surface area contributed by atoms with Crippen molar-refractivity contribution in [3.63, 3.8) is 0 Å². The normalized spacial score (nSPS) is 12.0. The summed E-state index contributed by atoms with van der Waals surface area (Å²) in [5.74, 6) is -0.527. The highest BCUT2D eigenvalue weighted by Crippen LogP contribution is 2.19. The summed E-state index contributed by atoms with van der Waals surface area (Å²) in [7, 11) is 0. The molecular weight excluding hydrogens is 279 g/mol. The number of carbonyl (C=O) groups is 1. The molecule has 0 radical (unpaired) electrons. The third-order valence-corrected chi connectivity index (χ3v) is 2.32. The van der Waals surface area contributed by atoms with Gasteiger partial charge in [-0.1, -0.05) is 15.9 Å². The monoisotopic (exact) mass is 290 g/mol. The second kappa shape index (κ2) is 5.81. The van der Waals surface area contributed by atoms with Gasteiger partial charge in [0, 0.05) is 4.47 Å². The van der Waals surface area contributed by atoms with E-state index in [2.05, 4.69) is 26.6 Å². The number of urea groups is 1. The lowest BCUT2D eigenvalue weighted by molar-refractivity contribution is 0.229. The number of anilines is 1. The molecule has 0 saturated heterocycles. The van der Waals surface area contributed by atoms with Gasteiger partial charge in [0.2, 0.25) is 0 Å². The zero-order valence-corrected chi connectivity index (χ0v) is 10.2. The summed E-state index contributed by atoms with van der Waals surface area (Å²) in [6.07, 6.45) is 0. The Labute approximate surface area is 101 Å². The number of benzene rings is 1. The molecule has 0 aliphatic carbocycles. The quantitative estimate of drug-likeness (QED) is 0.798. The van der Waals surface area contributed by atoms with E-state index in [9.17, 15) is 9.18 Å². The SMILES string of the molecule is CC(CO)NC(=O)Nc1ccc(Br)cc1F. The van der Waals surface area contributed by atoms with Crippen molar-refractivity contribution in [3.05, 3.63) is 28.5 Å². The first kappa shape index (κ1) is 12.9. The van der Waals surface area contributed by atoms with Gasteiger partial charge in [0.1, 0.15) is 5.82 Å². The van der Waals surface area contributed by atoms with E-state index in [0.29, 0.717) is 4.47 Å². The first-order valence-corrected chi connectivity index (χ1v) is 5.45.